The summed E-state index contributed by atoms with van der Waals surface area (Å²) in [5.74, 6) is 0.459. The first kappa shape index (κ1) is 25.7. The molecule has 2 heterocycles. The van der Waals surface area contributed by atoms with Crippen molar-refractivity contribution in [3.63, 3.8) is 0 Å². The van der Waals surface area contributed by atoms with Gasteiger partial charge in [-0.2, -0.15) is 13.2 Å². The fourth-order valence-electron chi connectivity index (χ4n) is 2.65. The lowest BCUT2D eigenvalue weighted by molar-refractivity contribution is -0.137. The Morgan fingerprint density at radius 1 is 1.30 bits per heavy atom. The maximum atomic E-state index is 12.6. The Morgan fingerprint density at radius 2 is 1.96 bits per heavy atom. The Morgan fingerprint density at radius 3 is 2.48 bits per heavy atom. The van der Waals surface area contributed by atoms with Gasteiger partial charge in [-0.1, -0.05) is 0 Å². The molecule has 1 aromatic rings. The molecule has 1 amide bonds. The van der Waals surface area contributed by atoms with Crippen molar-refractivity contribution in [2.75, 3.05) is 44.8 Å². The van der Waals surface area contributed by atoms with Gasteiger partial charge in [-0.15, -0.1) is 24.8 Å². The van der Waals surface area contributed by atoms with E-state index < -0.39 is 11.7 Å². The van der Waals surface area contributed by atoms with E-state index in [9.17, 15) is 18.0 Å². The zero-order valence-electron chi connectivity index (χ0n) is 14.9. The summed E-state index contributed by atoms with van der Waals surface area (Å²) in [7, 11) is 1.60. The van der Waals surface area contributed by atoms with Gasteiger partial charge in [0.2, 0.25) is 5.91 Å². The van der Waals surface area contributed by atoms with Crippen LogP contribution in [-0.4, -0.2) is 56.8 Å². The highest BCUT2D eigenvalue weighted by molar-refractivity contribution is 5.85. The van der Waals surface area contributed by atoms with E-state index in [-0.39, 0.29) is 43.3 Å². The molecule has 2 N–H and O–H groups in total. The Balaban J connectivity index is 0.00000338. The van der Waals surface area contributed by atoms with Crippen molar-refractivity contribution in [3.05, 3.63) is 23.9 Å². The van der Waals surface area contributed by atoms with Crippen molar-refractivity contribution >= 4 is 36.5 Å². The lowest BCUT2D eigenvalue weighted by atomic mass is 10.0. The van der Waals surface area contributed by atoms with E-state index in [0.29, 0.717) is 32.1 Å². The number of carbonyl (C=O) groups excluding carboxylic acids is 1. The minimum absolute atomic E-state index is 0. The van der Waals surface area contributed by atoms with Crippen molar-refractivity contribution in [1.82, 2.24) is 15.6 Å². The normalized spacial score (nSPS) is 14.9. The molecular weight excluding hydrogens is 408 g/mol. The highest BCUT2D eigenvalue weighted by Gasteiger charge is 2.31. The lowest BCUT2D eigenvalue weighted by Crippen LogP contribution is -2.47. The van der Waals surface area contributed by atoms with Crippen molar-refractivity contribution in [3.8, 4) is 0 Å². The van der Waals surface area contributed by atoms with Crippen LogP contribution in [0, 0.1) is 0 Å². The molecule has 11 heteroatoms. The molecule has 0 spiro atoms. The number of carbonyl (C=O) groups is 1. The summed E-state index contributed by atoms with van der Waals surface area (Å²) < 4.78 is 42.6. The van der Waals surface area contributed by atoms with E-state index in [2.05, 4.69) is 15.6 Å². The molecule has 27 heavy (non-hydrogen) atoms. The van der Waals surface area contributed by atoms with Gasteiger partial charge in [0, 0.05) is 39.0 Å². The maximum Gasteiger partial charge on any atom is 0.417 e. The van der Waals surface area contributed by atoms with Gasteiger partial charge in [0.1, 0.15) is 5.82 Å². The molecule has 0 aliphatic carbocycles. The first-order chi connectivity index (χ1) is 11.9. The second-order valence-corrected chi connectivity index (χ2v) is 5.90. The number of pyridine rings is 1. The van der Waals surface area contributed by atoms with E-state index in [4.69, 9.17) is 4.74 Å². The van der Waals surface area contributed by atoms with E-state index >= 15 is 0 Å². The third kappa shape index (κ3) is 8.50. The monoisotopic (exact) mass is 432 g/mol. The van der Waals surface area contributed by atoms with Crippen molar-refractivity contribution in [2.45, 2.75) is 25.1 Å². The summed E-state index contributed by atoms with van der Waals surface area (Å²) in [5.41, 5.74) is -0.751. The summed E-state index contributed by atoms with van der Waals surface area (Å²) in [5, 5.41) is 5.94. The van der Waals surface area contributed by atoms with Crippen LogP contribution >= 0.6 is 24.8 Å². The number of ether oxygens (including phenoxy) is 1. The number of anilines is 1. The second kappa shape index (κ2) is 12.2. The fourth-order valence-corrected chi connectivity index (χ4v) is 2.65. The van der Waals surface area contributed by atoms with Crippen LogP contribution in [0.1, 0.15) is 18.4 Å². The first-order valence-electron chi connectivity index (χ1n) is 8.17. The minimum Gasteiger partial charge on any atom is -0.383 e. The Hall–Kier alpha value is -1.29. The summed E-state index contributed by atoms with van der Waals surface area (Å²) in [6.45, 7) is 2.68. The van der Waals surface area contributed by atoms with Crippen LogP contribution in [0.4, 0.5) is 19.0 Å². The molecule has 0 radical (unpaired) electrons. The van der Waals surface area contributed by atoms with Gasteiger partial charge in [0.05, 0.1) is 18.7 Å². The Kier molecular flexibility index (Phi) is 11.6. The summed E-state index contributed by atoms with van der Waals surface area (Å²) in [6, 6.07) is 2.51. The van der Waals surface area contributed by atoms with Gasteiger partial charge < -0.3 is 20.3 Å². The number of piperidine rings is 1. The molecule has 2 rings (SSSR count). The molecule has 0 aromatic carbocycles. The van der Waals surface area contributed by atoms with Gasteiger partial charge in [-0.05, 0) is 25.0 Å². The molecule has 0 saturated carbocycles. The number of hydrogen-bond donors (Lipinski definition) is 2. The number of nitrogens with one attached hydrogen (secondary N) is 2. The third-order valence-electron chi connectivity index (χ3n) is 4.03. The zero-order chi connectivity index (χ0) is 18.3. The number of rotatable bonds is 7. The predicted octanol–water partition coefficient (Wildman–Crippen LogP) is 2.27. The maximum absolute atomic E-state index is 12.6. The number of amides is 1. The van der Waals surface area contributed by atoms with Gasteiger partial charge in [0.25, 0.3) is 0 Å². The van der Waals surface area contributed by atoms with E-state index in [1.54, 1.807) is 7.11 Å². The number of halogens is 5. The van der Waals surface area contributed by atoms with Gasteiger partial charge in [-0.3, -0.25) is 4.79 Å². The van der Waals surface area contributed by atoms with E-state index in [1.165, 1.54) is 6.07 Å². The smallest absolute Gasteiger partial charge is 0.383 e. The molecule has 156 valence electrons. The molecule has 1 aliphatic heterocycles. The van der Waals surface area contributed by atoms with Crippen LogP contribution in [0.15, 0.2) is 18.3 Å². The molecule has 0 bridgehead atoms. The number of methoxy groups -OCH3 is 1. The van der Waals surface area contributed by atoms with Crippen LogP contribution in [0.25, 0.3) is 0 Å². The average Bonchev–Trinajstić information content (AvgIpc) is 2.59. The zero-order valence-corrected chi connectivity index (χ0v) is 16.6. The lowest BCUT2D eigenvalue weighted by Gasteiger charge is -2.33. The Bertz CT molecular complexity index is 554. The molecular formula is C16H25Cl2F3N4O2. The number of alkyl halides is 3. The highest BCUT2D eigenvalue weighted by atomic mass is 35.5. The van der Waals surface area contributed by atoms with Crippen LogP contribution < -0.4 is 15.5 Å². The van der Waals surface area contributed by atoms with Gasteiger partial charge in [-0.25, -0.2) is 4.98 Å². The van der Waals surface area contributed by atoms with Gasteiger partial charge in [0.15, 0.2) is 0 Å². The molecule has 1 aromatic heterocycles. The number of nitrogens with zero attached hydrogens (tertiary/aromatic N) is 2. The minimum atomic E-state index is -4.37. The van der Waals surface area contributed by atoms with Crippen molar-refractivity contribution in [2.24, 2.45) is 0 Å². The predicted molar refractivity (Wildman–Crippen MR) is 102 cm³/mol. The molecule has 0 unspecified atom stereocenters. The standard InChI is InChI=1S/C16H23F3N4O2.2ClH/c1-25-9-6-20-11-15(24)22-13-4-7-23(8-5-13)14-3-2-12(10-21-14)16(17,18)19;;/h2-3,10,13,20H,4-9,11H2,1H3,(H,22,24);2*1H. The van der Waals surface area contributed by atoms with Crippen molar-refractivity contribution < 1.29 is 22.7 Å². The fraction of sp³-hybridized carbons (Fsp3) is 0.625. The van der Waals surface area contributed by atoms with Crippen LogP contribution in [0.3, 0.4) is 0 Å². The number of aromatic nitrogens is 1. The second-order valence-electron chi connectivity index (χ2n) is 5.90. The molecule has 1 aliphatic rings. The molecule has 6 nitrogen and oxygen atoms in total. The molecule has 1 saturated heterocycles. The first-order valence-corrected chi connectivity index (χ1v) is 8.17. The summed E-state index contributed by atoms with van der Waals surface area (Å²) >= 11 is 0. The third-order valence-corrected chi connectivity index (χ3v) is 4.03. The summed E-state index contributed by atoms with van der Waals surface area (Å²) in [6.07, 6.45) is -2.06. The van der Waals surface area contributed by atoms with E-state index in [1.807, 2.05) is 4.90 Å². The molecule has 1 fully saturated rings. The quantitative estimate of drug-likeness (QED) is 0.646. The average molecular weight is 433 g/mol. The number of hydrogen-bond acceptors (Lipinski definition) is 5. The van der Waals surface area contributed by atoms with Gasteiger partial charge >= 0.3 is 6.18 Å². The van der Waals surface area contributed by atoms with Crippen LogP contribution in [0.5, 0.6) is 0 Å². The molecule has 0 atom stereocenters. The largest absolute Gasteiger partial charge is 0.417 e. The van der Waals surface area contributed by atoms with Crippen LogP contribution in [0.2, 0.25) is 0 Å². The Labute approximate surface area is 169 Å². The highest BCUT2D eigenvalue weighted by Crippen LogP contribution is 2.29. The topological polar surface area (TPSA) is 66.5 Å². The van der Waals surface area contributed by atoms with Crippen molar-refractivity contribution in [1.29, 1.82) is 0 Å². The SMILES string of the molecule is COCCNCC(=O)NC1CCN(c2ccc(C(F)(F)F)cn2)CC1.Cl.Cl. The van der Waals surface area contributed by atoms with Crippen LogP contribution in [-0.2, 0) is 15.7 Å². The van der Waals surface area contributed by atoms with E-state index in [0.717, 1.165) is 25.1 Å². The summed E-state index contributed by atoms with van der Waals surface area (Å²) in [4.78, 5) is 17.7.